The van der Waals surface area contributed by atoms with Crippen LogP contribution in [0, 0.1) is 11.3 Å². The first-order chi connectivity index (χ1) is 9.05. The highest BCUT2D eigenvalue weighted by Gasteiger charge is 2.30. The van der Waals surface area contributed by atoms with E-state index in [0.717, 1.165) is 5.92 Å². The molecular weight excluding hydrogens is 232 g/mol. The molecular formula is C17H36N2. The zero-order valence-electron chi connectivity index (χ0n) is 14.0. The van der Waals surface area contributed by atoms with Crippen LogP contribution in [0.3, 0.4) is 0 Å². The fourth-order valence-corrected chi connectivity index (χ4v) is 3.30. The maximum atomic E-state index is 3.68. The van der Waals surface area contributed by atoms with Crippen molar-refractivity contribution in [1.82, 2.24) is 10.2 Å². The van der Waals surface area contributed by atoms with Gasteiger partial charge < -0.3 is 10.2 Å². The van der Waals surface area contributed by atoms with Crippen LogP contribution in [0.25, 0.3) is 0 Å². The second-order valence-electron chi connectivity index (χ2n) is 6.89. The van der Waals surface area contributed by atoms with E-state index in [9.17, 15) is 0 Å². The van der Waals surface area contributed by atoms with Crippen LogP contribution in [0.5, 0.6) is 0 Å². The number of nitrogens with zero attached hydrogens (tertiary/aromatic N) is 1. The Balaban J connectivity index is 2.56. The molecule has 1 aliphatic rings. The van der Waals surface area contributed by atoms with E-state index in [2.05, 4.69) is 44.8 Å². The van der Waals surface area contributed by atoms with Crippen LogP contribution < -0.4 is 5.32 Å². The minimum Gasteiger partial charge on any atom is -0.314 e. The Morgan fingerprint density at radius 2 is 1.89 bits per heavy atom. The molecule has 0 bridgehead atoms. The monoisotopic (exact) mass is 268 g/mol. The van der Waals surface area contributed by atoms with Crippen LogP contribution in [-0.2, 0) is 0 Å². The molecule has 1 atom stereocenters. The Hall–Kier alpha value is -0.0800. The predicted molar refractivity (Wildman–Crippen MR) is 85.6 cm³/mol. The topological polar surface area (TPSA) is 15.3 Å². The lowest BCUT2D eigenvalue weighted by Gasteiger charge is -2.41. The molecule has 1 heterocycles. The van der Waals surface area contributed by atoms with Gasteiger partial charge in [0.05, 0.1) is 0 Å². The molecule has 1 aliphatic heterocycles. The summed E-state index contributed by atoms with van der Waals surface area (Å²) in [6.45, 7) is 16.7. The van der Waals surface area contributed by atoms with Crippen LogP contribution in [0.2, 0.25) is 0 Å². The van der Waals surface area contributed by atoms with Crippen molar-refractivity contribution in [3.05, 3.63) is 0 Å². The minimum atomic E-state index is 0.472. The van der Waals surface area contributed by atoms with Crippen LogP contribution in [0.4, 0.5) is 0 Å². The summed E-state index contributed by atoms with van der Waals surface area (Å²) in [5.74, 6) is 0.943. The van der Waals surface area contributed by atoms with Crippen molar-refractivity contribution in [3.63, 3.8) is 0 Å². The molecule has 0 aliphatic carbocycles. The zero-order valence-corrected chi connectivity index (χ0v) is 14.0. The Bertz CT molecular complexity index is 233. The molecule has 0 radical (unpaired) electrons. The second-order valence-corrected chi connectivity index (χ2v) is 6.89. The van der Waals surface area contributed by atoms with Crippen molar-refractivity contribution in [2.45, 2.75) is 72.8 Å². The van der Waals surface area contributed by atoms with Gasteiger partial charge in [0.1, 0.15) is 0 Å². The van der Waals surface area contributed by atoms with E-state index in [0.29, 0.717) is 11.5 Å². The molecule has 1 fully saturated rings. The number of piperidine rings is 1. The van der Waals surface area contributed by atoms with Crippen molar-refractivity contribution in [2.75, 3.05) is 26.2 Å². The van der Waals surface area contributed by atoms with E-state index in [1.807, 2.05) is 0 Å². The lowest BCUT2D eigenvalue weighted by Crippen LogP contribution is -2.47. The number of hydrogen-bond donors (Lipinski definition) is 1. The maximum absolute atomic E-state index is 3.68. The van der Waals surface area contributed by atoms with Gasteiger partial charge in [-0.15, -0.1) is 0 Å². The first-order valence-corrected chi connectivity index (χ1v) is 8.51. The third-order valence-corrected chi connectivity index (χ3v) is 5.12. The SMILES string of the molecule is CCC1CCCN(CC(CC)(CC)CNC(C)C)C1. The molecule has 0 aromatic heterocycles. The van der Waals surface area contributed by atoms with Crippen molar-refractivity contribution in [2.24, 2.45) is 11.3 Å². The fourth-order valence-electron chi connectivity index (χ4n) is 3.30. The molecule has 19 heavy (non-hydrogen) atoms. The van der Waals surface area contributed by atoms with Gasteiger partial charge in [-0.05, 0) is 43.6 Å². The average Bonchev–Trinajstić information content (AvgIpc) is 2.43. The maximum Gasteiger partial charge on any atom is 0.00500 e. The quantitative estimate of drug-likeness (QED) is 0.718. The summed E-state index contributed by atoms with van der Waals surface area (Å²) >= 11 is 0. The lowest BCUT2D eigenvalue weighted by atomic mass is 9.80. The van der Waals surface area contributed by atoms with Gasteiger partial charge in [-0.2, -0.15) is 0 Å². The highest BCUT2D eigenvalue weighted by molar-refractivity contribution is 4.85. The molecule has 0 spiro atoms. The predicted octanol–water partition coefficient (Wildman–Crippen LogP) is 3.91. The normalized spacial score (nSPS) is 22.1. The smallest absolute Gasteiger partial charge is 0.00500 e. The first-order valence-electron chi connectivity index (χ1n) is 8.51. The van der Waals surface area contributed by atoms with E-state index in [-0.39, 0.29) is 0 Å². The van der Waals surface area contributed by atoms with Gasteiger partial charge in [-0.1, -0.05) is 41.0 Å². The van der Waals surface area contributed by atoms with Crippen LogP contribution >= 0.6 is 0 Å². The highest BCUT2D eigenvalue weighted by atomic mass is 15.1. The van der Waals surface area contributed by atoms with Crippen LogP contribution in [0.1, 0.15) is 66.7 Å². The van der Waals surface area contributed by atoms with Gasteiger partial charge in [-0.3, -0.25) is 0 Å². The summed E-state index contributed by atoms with van der Waals surface area (Å²) in [6, 6.07) is 0.599. The van der Waals surface area contributed by atoms with Crippen molar-refractivity contribution in [3.8, 4) is 0 Å². The highest BCUT2D eigenvalue weighted by Crippen LogP contribution is 2.29. The summed E-state index contributed by atoms with van der Waals surface area (Å²) in [7, 11) is 0. The van der Waals surface area contributed by atoms with E-state index in [1.54, 1.807) is 0 Å². The standard InChI is InChI=1S/C17H36N2/c1-6-16-10-9-11-19(12-16)14-17(7-2,8-3)13-18-15(4)5/h15-16,18H,6-14H2,1-5H3. The molecule has 1 rings (SSSR count). The molecule has 1 N–H and O–H groups in total. The fraction of sp³-hybridized carbons (Fsp3) is 1.00. The molecule has 0 amide bonds. The molecule has 1 unspecified atom stereocenters. The Labute approximate surface area is 121 Å². The summed E-state index contributed by atoms with van der Waals surface area (Å²) in [6.07, 6.45) is 6.78. The minimum absolute atomic E-state index is 0.472. The molecule has 114 valence electrons. The number of rotatable bonds is 8. The number of likely N-dealkylation sites (tertiary alicyclic amines) is 1. The lowest BCUT2D eigenvalue weighted by molar-refractivity contribution is 0.0914. The molecule has 0 saturated carbocycles. The van der Waals surface area contributed by atoms with Gasteiger partial charge in [0.2, 0.25) is 0 Å². The third-order valence-electron chi connectivity index (χ3n) is 5.12. The molecule has 2 heteroatoms. The third kappa shape index (κ3) is 5.43. The van der Waals surface area contributed by atoms with E-state index in [4.69, 9.17) is 0 Å². The number of nitrogens with one attached hydrogen (secondary N) is 1. The van der Waals surface area contributed by atoms with Crippen molar-refractivity contribution in [1.29, 1.82) is 0 Å². The Kier molecular flexibility index (Phi) is 7.38. The van der Waals surface area contributed by atoms with Gasteiger partial charge in [0.15, 0.2) is 0 Å². The van der Waals surface area contributed by atoms with Crippen LogP contribution in [0.15, 0.2) is 0 Å². The first kappa shape index (κ1) is 17.0. The summed E-state index contributed by atoms with van der Waals surface area (Å²) in [5.41, 5.74) is 0.472. The molecule has 2 nitrogen and oxygen atoms in total. The summed E-state index contributed by atoms with van der Waals surface area (Å²) in [5, 5.41) is 3.68. The zero-order chi connectivity index (χ0) is 14.3. The Morgan fingerprint density at radius 3 is 2.42 bits per heavy atom. The van der Waals surface area contributed by atoms with E-state index < -0.39 is 0 Å². The summed E-state index contributed by atoms with van der Waals surface area (Å²) in [4.78, 5) is 2.74. The second kappa shape index (κ2) is 8.26. The van der Waals surface area contributed by atoms with E-state index in [1.165, 1.54) is 58.3 Å². The Morgan fingerprint density at radius 1 is 1.21 bits per heavy atom. The van der Waals surface area contributed by atoms with Crippen molar-refractivity contribution >= 4 is 0 Å². The largest absolute Gasteiger partial charge is 0.314 e. The van der Waals surface area contributed by atoms with Gasteiger partial charge >= 0.3 is 0 Å². The van der Waals surface area contributed by atoms with Crippen molar-refractivity contribution < 1.29 is 0 Å². The van der Waals surface area contributed by atoms with Crippen LogP contribution in [-0.4, -0.2) is 37.1 Å². The van der Waals surface area contributed by atoms with E-state index >= 15 is 0 Å². The molecule has 0 aromatic carbocycles. The summed E-state index contributed by atoms with van der Waals surface area (Å²) < 4.78 is 0. The van der Waals surface area contributed by atoms with Gasteiger partial charge in [0, 0.05) is 25.7 Å². The average molecular weight is 268 g/mol. The molecule has 0 aromatic rings. The molecule has 1 saturated heterocycles. The number of hydrogen-bond acceptors (Lipinski definition) is 2. The van der Waals surface area contributed by atoms with Gasteiger partial charge in [0.25, 0.3) is 0 Å². The van der Waals surface area contributed by atoms with Gasteiger partial charge in [-0.25, -0.2) is 0 Å².